The largest absolute Gasteiger partial charge is 0.481 e. The Labute approximate surface area is 119 Å². The zero-order chi connectivity index (χ0) is 14.5. The Morgan fingerprint density at radius 2 is 2.16 bits per heavy atom. The number of aliphatic carboxylic acids is 1. The Balaban J connectivity index is 2.81. The van der Waals surface area contributed by atoms with Crippen LogP contribution in [0.15, 0.2) is 22.7 Å². The lowest BCUT2D eigenvalue weighted by Crippen LogP contribution is -2.18. The Hall–Kier alpha value is -1.59. The molecule has 8 heteroatoms. The van der Waals surface area contributed by atoms with E-state index in [0.29, 0.717) is 4.47 Å². The molecular weight excluding hydrogens is 336 g/mol. The van der Waals surface area contributed by atoms with Crippen LogP contribution < -0.4 is 4.72 Å². The summed E-state index contributed by atoms with van der Waals surface area (Å²) >= 11 is 3.18. The van der Waals surface area contributed by atoms with Gasteiger partial charge in [0.2, 0.25) is 10.0 Å². The lowest BCUT2D eigenvalue weighted by Gasteiger charge is -2.09. The third-order valence-electron chi connectivity index (χ3n) is 2.17. The van der Waals surface area contributed by atoms with E-state index >= 15 is 0 Å². The van der Waals surface area contributed by atoms with Gasteiger partial charge in [-0.2, -0.15) is 5.26 Å². The van der Waals surface area contributed by atoms with Crippen molar-refractivity contribution in [3.8, 4) is 6.07 Å². The minimum atomic E-state index is -3.66. The van der Waals surface area contributed by atoms with E-state index in [4.69, 9.17) is 10.4 Å². The number of benzene rings is 1. The summed E-state index contributed by atoms with van der Waals surface area (Å²) < 4.78 is 26.4. The van der Waals surface area contributed by atoms with E-state index in [-0.39, 0.29) is 29.8 Å². The average Bonchev–Trinajstić information content (AvgIpc) is 2.27. The first-order chi connectivity index (χ1) is 8.84. The third kappa shape index (κ3) is 5.28. The van der Waals surface area contributed by atoms with Crippen LogP contribution in [0.1, 0.15) is 18.4 Å². The lowest BCUT2D eigenvalue weighted by atomic mass is 10.2. The SMILES string of the molecule is N#Cc1ccc(Br)cc1NS(=O)(=O)CCCC(=O)O. The molecule has 102 valence electrons. The molecule has 0 aromatic heterocycles. The van der Waals surface area contributed by atoms with E-state index in [0.717, 1.165) is 0 Å². The standard InChI is InChI=1S/C11H11BrN2O4S/c12-9-4-3-8(7-13)10(6-9)14-19(17,18)5-1-2-11(15)16/h3-4,6,14H,1-2,5H2,(H,15,16). The first kappa shape index (κ1) is 15.5. The number of sulfonamides is 1. The second-order valence-electron chi connectivity index (χ2n) is 3.72. The molecule has 0 spiro atoms. The van der Waals surface area contributed by atoms with Crippen molar-refractivity contribution < 1.29 is 18.3 Å². The molecule has 0 fully saturated rings. The van der Waals surface area contributed by atoms with Gasteiger partial charge in [-0.1, -0.05) is 15.9 Å². The fourth-order valence-electron chi connectivity index (χ4n) is 1.33. The Morgan fingerprint density at radius 1 is 1.47 bits per heavy atom. The van der Waals surface area contributed by atoms with Gasteiger partial charge in [-0.05, 0) is 24.6 Å². The second-order valence-corrected chi connectivity index (χ2v) is 6.48. The minimum Gasteiger partial charge on any atom is -0.481 e. The number of nitriles is 1. The number of rotatable bonds is 6. The number of carboxylic acid groups (broad SMARTS) is 1. The highest BCUT2D eigenvalue weighted by molar-refractivity contribution is 9.10. The van der Waals surface area contributed by atoms with Gasteiger partial charge < -0.3 is 5.11 Å². The van der Waals surface area contributed by atoms with Gasteiger partial charge in [0.05, 0.1) is 17.0 Å². The summed E-state index contributed by atoms with van der Waals surface area (Å²) in [6.07, 6.45) is -0.203. The molecule has 1 rings (SSSR count). The van der Waals surface area contributed by atoms with Crippen LogP contribution in [0.3, 0.4) is 0 Å². The molecule has 0 saturated carbocycles. The third-order valence-corrected chi connectivity index (χ3v) is 4.02. The first-order valence-corrected chi connectivity index (χ1v) is 7.70. The highest BCUT2D eigenvalue weighted by Gasteiger charge is 2.14. The fourth-order valence-corrected chi connectivity index (χ4v) is 2.82. The van der Waals surface area contributed by atoms with E-state index in [2.05, 4.69) is 20.7 Å². The molecule has 0 aliphatic rings. The summed E-state index contributed by atoms with van der Waals surface area (Å²) in [6.45, 7) is 0. The average molecular weight is 347 g/mol. The number of carbonyl (C=O) groups is 1. The van der Waals surface area contributed by atoms with Crippen molar-refractivity contribution in [3.63, 3.8) is 0 Å². The number of carboxylic acids is 1. The quantitative estimate of drug-likeness (QED) is 0.818. The van der Waals surface area contributed by atoms with E-state index in [1.54, 1.807) is 6.07 Å². The number of nitrogens with one attached hydrogen (secondary N) is 1. The monoisotopic (exact) mass is 346 g/mol. The molecule has 0 unspecified atom stereocenters. The molecular formula is C11H11BrN2O4S. The molecule has 0 heterocycles. The molecule has 0 aliphatic heterocycles. The first-order valence-electron chi connectivity index (χ1n) is 5.26. The number of hydrogen-bond donors (Lipinski definition) is 2. The van der Waals surface area contributed by atoms with Crippen LogP contribution in [0.4, 0.5) is 5.69 Å². The van der Waals surface area contributed by atoms with Gasteiger partial charge in [0.1, 0.15) is 6.07 Å². The summed E-state index contributed by atoms with van der Waals surface area (Å²) in [5.41, 5.74) is 0.372. The van der Waals surface area contributed by atoms with Crippen LogP contribution in [0.5, 0.6) is 0 Å². The van der Waals surface area contributed by atoms with Crippen LogP contribution in [-0.4, -0.2) is 25.2 Å². The minimum absolute atomic E-state index is 0.0144. The predicted octanol–water partition coefficient (Wildman–Crippen LogP) is 1.93. The molecule has 0 radical (unpaired) electrons. The second kappa shape index (κ2) is 6.54. The number of anilines is 1. The van der Waals surface area contributed by atoms with Crippen LogP contribution in [0.2, 0.25) is 0 Å². The van der Waals surface area contributed by atoms with Crippen molar-refractivity contribution in [1.29, 1.82) is 5.26 Å². The summed E-state index contributed by atoms with van der Waals surface area (Å²) in [4.78, 5) is 10.3. The van der Waals surface area contributed by atoms with Crippen LogP contribution in [0, 0.1) is 11.3 Å². The van der Waals surface area contributed by atoms with Crippen molar-refractivity contribution >= 4 is 37.6 Å². The molecule has 0 saturated heterocycles. The van der Waals surface area contributed by atoms with Gasteiger partial charge in [0, 0.05) is 10.9 Å². The van der Waals surface area contributed by atoms with E-state index in [1.807, 2.05) is 6.07 Å². The molecule has 1 aromatic rings. The van der Waals surface area contributed by atoms with Gasteiger partial charge in [0.25, 0.3) is 0 Å². The van der Waals surface area contributed by atoms with Crippen molar-refractivity contribution in [2.45, 2.75) is 12.8 Å². The van der Waals surface area contributed by atoms with Crippen molar-refractivity contribution in [2.75, 3.05) is 10.5 Å². The van der Waals surface area contributed by atoms with Crippen molar-refractivity contribution in [2.24, 2.45) is 0 Å². The van der Waals surface area contributed by atoms with Crippen LogP contribution >= 0.6 is 15.9 Å². The summed E-state index contributed by atoms with van der Waals surface area (Å²) in [7, 11) is -3.66. The van der Waals surface area contributed by atoms with Crippen molar-refractivity contribution in [3.05, 3.63) is 28.2 Å². The Bertz CT molecular complexity index is 622. The molecule has 6 nitrogen and oxygen atoms in total. The lowest BCUT2D eigenvalue weighted by molar-refractivity contribution is -0.137. The number of halogens is 1. The highest BCUT2D eigenvalue weighted by atomic mass is 79.9. The number of nitrogens with zero attached hydrogens (tertiary/aromatic N) is 1. The molecule has 2 N–H and O–H groups in total. The summed E-state index contributed by atoms with van der Waals surface area (Å²) in [6, 6.07) is 6.47. The summed E-state index contributed by atoms with van der Waals surface area (Å²) in [5.74, 6) is -1.35. The molecule has 0 aliphatic carbocycles. The Kier molecular flexibility index (Phi) is 5.32. The zero-order valence-corrected chi connectivity index (χ0v) is 12.2. The molecule has 0 amide bonds. The maximum Gasteiger partial charge on any atom is 0.303 e. The predicted molar refractivity (Wildman–Crippen MR) is 73.1 cm³/mol. The van der Waals surface area contributed by atoms with Gasteiger partial charge in [-0.15, -0.1) is 0 Å². The maximum absolute atomic E-state index is 11.7. The topological polar surface area (TPSA) is 107 Å². The summed E-state index contributed by atoms with van der Waals surface area (Å²) in [5, 5.41) is 17.3. The van der Waals surface area contributed by atoms with Gasteiger partial charge in [-0.25, -0.2) is 8.42 Å². The number of hydrogen-bond acceptors (Lipinski definition) is 4. The molecule has 0 atom stereocenters. The van der Waals surface area contributed by atoms with Crippen LogP contribution in [0.25, 0.3) is 0 Å². The van der Waals surface area contributed by atoms with E-state index in [1.165, 1.54) is 12.1 Å². The Morgan fingerprint density at radius 3 is 2.74 bits per heavy atom. The van der Waals surface area contributed by atoms with E-state index < -0.39 is 16.0 Å². The fraction of sp³-hybridized carbons (Fsp3) is 0.273. The molecule has 1 aromatic carbocycles. The zero-order valence-electron chi connectivity index (χ0n) is 9.76. The van der Waals surface area contributed by atoms with Crippen LogP contribution in [-0.2, 0) is 14.8 Å². The highest BCUT2D eigenvalue weighted by Crippen LogP contribution is 2.22. The maximum atomic E-state index is 11.7. The molecule has 19 heavy (non-hydrogen) atoms. The van der Waals surface area contributed by atoms with Gasteiger partial charge >= 0.3 is 5.97 Å². The molecule has 0 bridgehead atoms. The smallest absolute Gasteiger partial charge is 0.303 e. The van der Waals surface area contributed by atoms with Gasteiger partial charge in [0.15, 0.2) is 0 Å². The van der Waals surface area contributed by atoms with E-state index in [9.17, 15) is 13.2 Å². The van der Waals surface area contributed by atoms with Gasteiger partial charge in [-0.3, -0.25) is 9.52 Å². The normalized spacial score (nSPS) is 10.7. The van der Waals surface area contributed by atoms with Crippen molar-refractivity contribution in [1.82, 2.24) is 0 Å².